The molecule has 0 spiro atoms. The van der Waals surface area contributed by atoms with E-state index >= 15 is 0 Å². The van der Waals surface area contributed by atoms with Crippen LogP contribution < -0.4 is 16.0 Å². The molecule has 1 aromatic carbocycles. The highest BCUT2D eigenvalue weighted by molar-refractivity contribution is 5.79. The molecule has 0 heterocycles. The Balaban J connectivity index is 2.48. The van der Waals surface area contributed by atoms with Crippen molar-refractivity contribution in [1.29, 1.82) is 0 Å². The van der Waals surface area contributed by atoms with Crippen LogP contribution >= 0.6 is 0 Å². The predicted molar refractivity (Wildman–Crippen MR) is 89.9 cm³/mol. The molecule has 5 nitrogen and oxygen atoms in total. The average Bonchev–Trinajstić information content (AvgIpc) is 2.51. The third-order valence-electron chi connectivity index (χ3n) is 2.90. The van der Waals surface area contributed by atoms with Gasteiger partial charge in [0.2, 0.25) is 0 Å². The summed E-state index contributed by atoms with van der Waals surface area (Å²) in [6.07, 6.45) is 1.09. The molecule has 0 aromatic heterocycles. The lowest BCUT2D eigenvalue weighted by atomic mass is 10.2. The van der Waals surface area contributed by atoms with E-state index in [0.29, 0.717) is 13.2 Å². The van der Waals surface area contributed by atoms with Crippen LogP contribution in [0.1, 0.15) is 25.8 Å². The maximum Gasteiger partial charge on any atom is 0.191 e. The molecule has 0 saturated carbocycles. The van der Waals surface area contributed by atoms with Crippen LogP contribution in [0.15, 0.2) is 29.3 Å². The Morgan fingerprint density at radius 2 is 1.86 bits per heavy atom. The number of methoxy groups -OCH3 is 1. The van der Waals surface area contributed by atoms with Gasteiger partial charge in [-0.15, -0.1) is 0 Å². The van der Waals surface area contributed by atoms with Gasteiger partial charge in [-0.05, 0) is 31.0 Å². The SMILES string of the molecule is CCCNC(=NCc1ccc(NCCOC)cc1)NCC. The highest BCUT2D eigenvalue weighted by Crippen LogP contribution is 2.10. The van der Waals surface area contributed by atoms with Crippen molar-refractivity contribution in [2.45, 2.75) is 26.8 Å². The van der Waals surface area contributed by atoms with Gasteiger partial charge in [-0.3, -0.25) is 0 Å². The van der Waals surface area contributed by atoms with Crippen LogP contribution in [0.2, 0.25) is 0 Å². The van der Waals surface area contributed by atoms with E-state index in [9.17, 15) is 0 Å². The number of benzene rings is 1. The van der Waals surface area contributed by atoms with Gasteiger partial charge in [0.1, 0.15) is 0 Å². The van der Waals surface area contributed by atoms with Crippen LogP contribution in [0.3, 0.4) is 0 Å². The molecule has 0 saturated heterocycles. The minimum absolute atomic E-state index is 0.678. The molecule has 0 aliphatic heterocycles. The molecule has 0 aliphatic rings. The number of anilines is 1. The summed E-state index contributed by atoms with van der Waals surface area (Å²) in [5.74, 6) is 0.877. The first-order valence-electron chi connectivity index (χ1n) is 7.64. The number of guanidine groups is 1. The first-order chi connectivity index (χ1) is 10.3. The first kappa shape index (κ1) is 17.3. The van der Waals surface area contributed by atoms with Crippen molar-refractivity contribution in [2.75, 3.05) is 38.7 Å². The van der Waals surface area contributed by atoms with Crippen molar-refractivity contribution >= 4 is 11.6 Å². The summed E-state index contributed by atoms with van der Waals surface area (Å²) in [5.41, 5.74) is 2.30. The fourth-order valence-corrected chi connectivity index (χ4v) is 1.78. The Bertz CT molecular complexity index is 403. The Labute approximate surface area is 128 Å². The van der Waals surface area contributed by atoms with Crippen molar-refractivity contribution in [3.63, 3.8) is 0 Å². The van der Waals surface area contributed by atoms with Crippen molar-refractivity contribution in [1.82, 2.24) is 10.6 Å². The van der Waals surface area contributed by atoms with Gasteiger partial charge < -0.3 is 20.7 Å². The highest BCUT2D eigenvalue weighted by atomic mass is 16.5. The van der Waals surface area contributed by atoms with E-state index in [1.807, 2.05) is 0 Å². The summed E-state index contributed by atoms with van der Waals surface area (Å²) in [6.45, 7) is 8.24. The lowest BCUT2D eigenvalue weighted by molar-refractivity contribution is 0.211. The molecule has 1 rings (SSSR count). The predicted octanol–water partition coefficient (Wildman–Crippen LogP) is 2.21. The number of nitrogens with one attached hydrogen (secondary N) is 3. The fourth-order valence-electron chi connectivity index (χ4n) is 1.78. The molecule has 0 radical (unpaired) electrons. The van der Waals surface area contributed by atoms with Crippen molar-refractivity contribution in [3.8, 4) is 0 Å². The monoisotopic (exact) mass is 292 g/mol. The van der Waals surface area contributed by atoms with E-state index in [1.54, 1.807) is 7.11 Å². The maximum absolute atomic E-state index is 5.01. The summed E-state index contributed by atoms with van der Waals surface area (Å²) in [5, 5.41) is 9.85. The third-order valence-corrected chi connectivity index (χ3v) is 2.90. The quantitative estimate of drug-likeness (QED) is 0.371. The normalized spacial score (nSPS) is 11.3. The standard InChI is InChI=1S/C16H28N4O/c1-4-10-19-16(17-5-2)20-13-14-6-8-15(9-7-14)18-11-12-21-3/h6-9,18H,4-5,10-13H2,1-3H3,(H2,17,19,20). The average molecular weight is 292 g/mol. The van der Waals surface area contributed by atoms with Crippen LogP contribution in [0.4, 0.5) is 5.69 Å². The topological polar surface area (TPSA) is 57.7 Å². The Morgan fingerprint density at radius 3 is 2.48 bits per heavy atom. The zero-order chi connectivity index (χ0) is 15.3. The van der Waals surface area contributed by atoms with E-state index in [-0.39, 0.29) is 0 Å². The number of ether oxygens (including phenoxy) is 1. The number of aliphatic imine (C=N–C) groups is 1. The van der Waals surface area contributed by atoms with Gasteiger partial charge in [-0.2, -0.15) is 0 Å². The minimum Gasteiger partial charge on any atom is -0.383 e. The second kappa shape index (κ2) is 11.0. The minimum atomic E-state index is 0.678. The second-order valence-corrected chi connectivity index (χ2v) is 4.74. The van der Waals surface area contributed by atoms with Crippen LogP contribution in [-0.2, 0) is 11.3 Å². The molecule has 118 valence electrons. The number of rotatable bonds is 9. The molecule has 21 heavy (non-hydrogen) atoms. The Morgan fingerprint density at radius 1 is 1.10 bits per heavy atom. The van der Waals surface area contributed by atoms with E-state index < -0.39 is 0 Å². The molecule has 5 heteroatoms. The van der Waals surface area contributed by atoms with E-state index in [4.69, 9.17) is 4.74 Å². The first-order valence-corrected chi connectivity index (χ1v) is 7.64. The lowest BCUT2D eigenvalue weighted by Gasteiger charge is -2.10. The van der Waals surface area contributed by atoms with Gasteiger partial charge in [-0.1, -0.05) is 19.1 Å². The number of nitrogens with zero attached hydrogens (tertiary/aromatic N) is 1. The molecule has 0 atom stereocenters. The Hall–Kier alpha value is -1.75. The van der Waals surface area contributed by atoms with Gasteiger partial charge in [-0.25, -0.2) is 4.99 Å². The van der Waals surface area contributed by atoms with E-state index in [1.165, 1.54) is 5.56 Å². The van der Waals surface area contributed by atoms with Crippen LogP contribution in [-0.4, -0.2) is 39.3 Å². The lowest BCUT2D eigenvalue weighted by Crippen LogP contribution is -2.37. The van der Waals surface area contributed by atoms with Gasteiger partial charge in [0.15, 0.2) is 5.96 Å². The van der Waals surface area contributed by atoms with Gasteiger partial charge in [0.05, 0.1) is 13.2 Å². The molecule has 0 fully saturated rings. The molecular formula is C16H28N4O. The largest absolute Gasteiger partial charge is 0.383 e. The van der Waals surface area contributed by atoms with Crippen molar-refractivity contribution in [3.05, 3.63) is 29.8 Å². The molecule has 0 amide bonds. The second-order valence-electron chi connectivity index (χ2n) is 4.74. The number of hydrogen-bond donors (Lipinski definition) is 3. The molecule has 0 bridgehead atoms. The summed E-state index contributed by atoms with van der Waals surface area (Å²) >= 11 is 0. The fraction of sp³-hybridized carbons (Fsp3) is 0.562. The van der Waals surface area contributed by atoms with Crippen LogP contribution in [0.25, 0.3) is 0 Å². The van der Waals surface area contributed by atoms with E-state index in [0.717, 1.165) is 37.7 Å². The van der Waals surface area contributed by atoms with Crippen molar-refractivity contribution in [2.24, 2.45) is 4.99 Å². The molecular weight excluding hydrogens is 264 g/mol. The number of hydrogen-bond acceptors (Lipinski definition) is 3. The van der Waals surface area contributed by atoms with Gasteiger partial charge in [0.25, 0.3) is 0 Å². The summed E-state index contributed by atoms with van der Waals surface area (Å²) in [6, 6.07) is 8.35. The van der Waals surface area contributed by atoms with Gasteiger partial charge in [0, 0.05) is 32.4 Å². The summed E-state index contributed by atoms with van der Waals surface area (Å²) in [4.78, 5) is 4.58. The summed E-state index contributed by atoms with van der Waals surface area (Å²) < 4.78 is 5.01. The zero-order valence-corrected chi connectivity index (χ0v) is 13.4. The van der Waals surface area contributed by atoms with E-state index in [2.05, 4.69) is 59.1 Å². The zero-order valence-electron chi connectivity index (χ0n) is 13.4. The maximum atomic E-state index is 5.01. The highest BCUT2D eigenvalue weighted by Gasteiger charge is 1.97. The molecule has 0 unspecified atom stereocenters. The third kappa shape index (κ3) is 7.56. The van der Waals surface area contributed by atoms with Crippen molar-refractivity contribution < 1.29 is 4.74 Å². The summed E-state index contributed by atoms with van der Waals surface area (Å²) in [7, 11) is 1.71. The van der Waals surface area contributed by atoms with Crippen LogP contribution in [0.5, 0.6) is 0 Å². The Kier molecular flexibility index (Phi) is 9.04. The molecule has 1 aromatic rings. The van der Waals surface area contributed by atoms with Gasteiger partial charge >= 0.3 is 0 Å². The van der Waals surface area contributed by atoms with Crippen LogP contribution in [0, 0.1) is 0 Å². The molecule has 3 N–H and O–H groups in total. The smallest absolute Gasteiger partial charge is 0.191 e. The molecule has 0 aliphatic carbocycles.